The summed E-state index contributed by atoms with van der Waals surface area (Å²) in [5.74, 6) is 1.24. The van der Waals surface area contributed by atoms with Gasteiger partial charge in [-0.05, 0) is 24.5 Å². The summed E-state index contributed by atoms with van der Waals surface area (Å²) in [4.78, 5) is 17.9. The van der Waals surface area contributed by atoms with E-state index in [0.717, 1.165) is 15.1 Å². The highest BCUT2D eigenvalue weighted by Crippen LogP contribution is 2.39. The molecular weight excluding hydrogens is 332 g/mol. The zero-order valence-electron chi connectivity index (χ0n) is 12.2. The number of rotatable bonds is 3. The summed E-state index contributed by atoms with van der Waals surface area (Å²) >= 11 is 3.01. The van der Waals surface area contributed by atoms with Gasteiger partial charge < -0.3 is 9.47 Å². The standard InChI is InChI=1S/C16H12N2O3S2/c1-22-10-4-2-3-9(5-10)15(19)18-16-17-11-6-12-13(21-8-20-12)7-14(11)23-16/h2-7H,8H2,1H3,(H,17,18,19). The number of carbonyl (C=O) groups excluding carboxylic acids is 1. The van der Waals surface area contributed by atoms with Crippen molar-refractivity contribution >= 4 is 44.4 Å². The van der Waals surface area contributed by atoms with Gasteiger partial charge in [-0.3, -0.25) is 10.1 Å². The normalized spacial score (nSPS) is 12.6. The molecule has 1 aromatic heterocycles. The van der Waals surface area contributed by atoms with E-state index in [1.165, 1.54) is 11.3 Å². The monoisotopic (exact) mass is 344 g/mol. The van der Waals surface area contributed by atoms with Crippen molar-refractivity contribution in [2.45, 2.75) is 4.90 Å². The fourth-order valence-electron chi connectivity index (χ4n) is 2.31. The summed E-state index contributed by atoms with van der Waals surface area (Å²) in [6.45, 7) is 0.238. The predicted octanol–water partition coefficient (Wildman–Crippen LogP) is 4.00. The Morgan fingerprint density at radius 3 is 2.91 bits per heavy atom. The molecule has 1 aliphatic rings. The molecule has 2 aromatic carbocycles. The van der Waals surface area contributed by atoms with Crippen LogP contribution < -0.4 is 14.8 Å². The summed E-state index contributed by atoms with van der Waals surface area (Å²) in [5, 5.41) is 3.41. The van der Waals surface area contributed by atoms with Gasteiger partial charge in [0, 0.05) is 22.6 Å². The van der Waals surface area contributed by atoms with E-state index in [1.807, 2.05) is 36.6 Å². The lowest BCUT2D eigenvalue weighted by atomic mass is 10.2. The number of benzene rings is 2. The molecule has 23 heavy (non-hydrogen) atoms. The number of ether oxygens (including phenoxy) is 2. The molecule has 0 fully saturated rings. The maximum absolute atomic E-state index is 12.4. The SMILES string of the molecule is CSc1cccc(C(=O)Nc2nc3cc4c(cc3s2)OCO4)c1. The minimum absolute atomic E-state index is 0.167. The number of aromatic nitrogens is 1. The fourth-order valence-corrected chi connectivity index (χ4v) is 3.64. The number of fused-ring (bicyclic) bond motifs is 2. The Labute approximate surface area is 140 Å². The van der Waals surface area contributed by atoms with Crippen molar-refractivity contribution < 1.29 is 14.3 Å². The zero-order chi connectivity index (χ0) is 15.8. The van der Waals surface area contributed by atoms with Gasteiger partial charge >= 0.3 is 0 Å². The second-order valence-electron chi connectivity index (χ2n) is 4.88. The molecule has 0 saturated heterocycles. The third-order valence-electron chi connectivity index (χ3n) is 3.44. The minimum atomic E-state index is -0.167. The van der Waals surface area contributed by atoms with Crippen LogP contribution >= 0.6 is 23.1 Å². The minimum Gasteiger partial charge on any atom is -0.454 e. The number of anilines is 1. The summed E-state index contributed by atoms with van der Waals surface area (Å²) < 4.78 is 11.6. The summed E-state index contributed by atoms with van der Waals surface area (Å²) in [6.07, 6.45) is 1.98. The molecule has 0 radical (unpaired) electrons. The topological polar surface area (TPSA) is 60.5 Å². The fraction of sp³-hybridized carbons (Fsp3) is 0.125. The number of hydrogen-bond donors (Lipinski definition) is 1. The van der Waals surface area contributed by atoms with Gasteiger partial charge in [0.25, 0.3) is 5.91 Å². The Kier molecular flexibility index (Phi) is 3.59. The van der Waals surface area contributed by atoms with Crippen LogP contribution in [0.2, 0.25) is 0 Å². The van der Waals surface area contributed by atoms with Gasteiger partial charge in [-0.2, -0.15) is 0 Å². The number of carbonyl (C=O) groups is 1. The summed E-state index contributed by atoms with van der Waals surface area (Å²) in [5.41, 5.74) is 1.40. The first-order valence-electron chi connectivity index (χ1n) is 6.88. The molecule has 0 spiro atoms. The molecule has 2 heterocycles. The van der Waals surface area contributed by atoms with E-state index in [1.54, 1.807) is 17.8 Å². The third kappa shape index (κ3) is 2.73. The van der Waals surface area contributed by atoms with Crippen LogP contribution in [0.4, 0.5) is 5.13 Å². The lowest BCUT2D eigenvalue weighted by molar-refractivity contribution is 0.102. The molecule has 7 heteroatoms. The van der Waals surface area contributed by atoms with E-state index in [-0.39, 0.29) is 12.7 Å². The summed E-state index contributed by atoms with van der Waals surface area (Å²) in [6, 6.07) is 11.2. The predicted molar refractivity (Wildman–Crippen MR) is 91.9 cm³/mol. The van der Waals surface area contributed by atoms with Crippen LogP contribution in [0.5, 0.6) is 11.5 Å². The number of amides is 1. The Hall–Kier alpha value is -2.25. The van der Waals surface area contributed by atoms with Crippen molar-refractivity contribution in [1.29, 1.82) is 0 Å². The summed E-state index contributed by atoms with van der Waals surface area (Å²) in [7, 11) is 0. The average molecular weight is 344 g/mol. The van der Waals surface area contributed by atoms with Crippen LogP contribution in [0.1, 0.15) is 10.4 Å². The molecule has 0 bridgehead atoms. The largest absolute Gasteiger partial charge is 0.454 e. The molecule has 0 atom stereocenters. The molecule has 4 rings (SSSR count). The van der Waals surface area contributed by atoms with Crippen LogP contribution in [0.15, 0.2) is 41.3 Å². The first-order valence-corrected chi connectivity index (χ1v) is 8.92. The smallest absolute Gasteiger partial charge is 0.257 e. The number of nitrogens with zero attached hydrogens (tertiary/aromatic N) is 1. The first-order chi connectivity index (χ1) is 11.2. The van der Waals surface area contributed by atoms with E-state index in [9.17, 15) is 4.79 Å². The number of thiazole rings is 1. The molecule has 0 aliphatic carbocycles. The van der Waals surface area contributed by atoms with Gasteiger partial charge in [-0.15, -0.1) is 11.8 Å². The molecule has 1 N–H and O–H groups in total. The highest BCUT2D eigenvalue weighted by atomic mass is 32.2. The molecule has 0 saturated carbocycles. The number of nitrogens with one attached hydrogen (secondary N) is 1. The Morgan fingerprint density at radius 2 is 2.09 bits per heavy atom. The van der Waals surface area contributed by atoms with Crippen LogP contribution in [0.25, 0.3) is 10.2 Å². The van der Waals surface area contributed by atoms with Gasteiger partial charge in [-0.25, -0.2) is 4.98 Å². The van der Waals surface area contributed by atoms with Crippen molar-refractivity contribution in [2.24, 2.45) is 0 Å². The number of hydrogen-bond acceptors (Lipinski definition) is 6. The van der Waals surface area contributed by atoms with E-state index in [0.29, 0.717) is 22.2 Å². The quantitative estimate of drug-likeness (QED) is 0.728. The molecule has 1 aliphatic heterocycles. The van der Waals surface area contributed by atoms with E-state index in [2.05, 4.69) is 10.3 Å². The van der Waals surface area contributed by atoms with Gasteiger partial charge in [0.05, 0.1) is 10.2 Å². The van der Waals surface area contributed by atoms with Crippen molar-refractivity contribution in [3.63, 3.8) is 0 Å². The average Bonchev–Trinajstić information content (AvgIpc) is 3.17. The Bertz CT molecular complexity index is 866. The highest BCUT2D eigenvalue weighted by molar-refractivity contribution is 7.98. The van der Waals surface area contributed by atoms with Crippen molar-refractivity contribution in [2.75, 3.05) is 18.4 Å². The molecule has 3 aromatic rings. The second-order valence-corrected chi connectivity index (χ2v) is 6.79. The van der Waals surface area contributed by atoms with Gasteiger partial charge in [0.2, 0.25) is 6.79 Å². The van der Waals surface area contributed by atoms with E-state index < -0.39 is 0 Å². The third-order valence-corrected chi connectivity index (χ3v) is 5.09. The maximum Gasteiger partial charge on any atom is 0.257 e. The lowest BCUT2D eigenvalue weighted by Gasteiger charge is -2.03. The molecule has 116 valence electrons. The van der Waals surface area contributed by atoms with Crippen LogP contribution in [-0.4, -0.2) is 23.9 Å². The molecular formula is C16H12N2O3S2. The highest BCUT2D eigenvalue weighted by Gasteiger charge is 2.17. The van der Waals surface area contributed by atoms with Crippen molar-refractivity contribution in [3.05, 3.63) is 42.0 Å². The van der Waals surface area contributed by atoms with Crippen LogP contribution in [0.3, 0.4) is 0 Å². The van der Waals surface area contributed by atoms with E-state index >= 15 is 0 Å². The first kappa shape index (κ1) is 14.3. The molecule has 1 amide bonds. The maximum atomic E-state index is 12.4. The Morgan fingerprint density at radius 1 is 1.26 bits per heavy atom. The lowest BCUT2D eigenvalue weighted by Crippen LogP contribution is -2.11. The van der Waals surface area contributed by atoms with E-state index in [4.69, 9.17) is 9.47 Å². The van der Waals surface area contributed by atoms with Gasteiger partial charge in [0.15, 0.2) is 16.6 Å². The van der Waals surface area contributed by atoms with Gasteiger partial charge in [-0.1, -0.05) is 17.4 Å². The van der Waals surface area contributed by atoms with Crippen molar-refractivity contribution in [1.82, 2.24) is 4.98 Å². The van der Waals surface area contributed by atoms with Crippen LogP contribution in [0, 0.1) is 0 Å². The molecule has 0 unspecified atom stereocenters. The zero-order valence-corrected chi connectivity index (χ0v) is 13.8. The Balaban J connectivity index is 1.61. The van der Waals surface area contributed by atoms with Gasteiger partial charge in [0.1, 0.15) is 0 Å². The molecule has 5 nitrogen and oxygen atoms in total. The van der Waals surface area contributed by atoms with Crippen LogP contribution in [-0.2, 0) is 0 Å². The van der Waals surface area contributed by atoms with Crippen molar-refractivity contribution in [3.8, 4) is 11.5 Å². The number of thioether (sulfide) groups is 1. The second kappa shape index (κ2) is 5.75.